The molecule has 1 aliphatic rings. The van der Waals surface area contributed by atoms with Crippen LogP contribution in [0, 0.1) is 0 Å². The largest absolute Gasteiger partial charge is 0.497 e. The molecule has 176 valence electrons. The Morgan fingerprint density at radius 3 is 2.43 bits per heavy atom. The molecule has 0 bridgehead atoms. The first kappa shape index (κ1) is 22.2. The Balaban J connectivity index is 1.15. The van der Waals surface area contributed by atoms with E-state index in [4.69, 9.17) is 14.7 Å². The van der Waals surface area contributed by atoms with E-state index in [-0.39, 0.29) is 0 Å². The third kappa shape index (κ3) is 4.52. The molecule has 0 spiro atoms. The first-order valence-electron chi connectivity index (χ1n) is 11.6. The highest BCUT2D eigenvalue weighted by Gasteiger charge is 2.23. The van der Waals surface area contributed by atoms with Gasteiger partial charge in [-0.05, 0) is 29.8 Å². The van der Waals surface area contributed by atoms with Crippen molar-refractivity contribution in [3.05, 3.63) is 77.4 Å². The van der Waals surface area contributed by atoms with Crippen molar-refractivity contribution < 1.29 is 4.74 Å². The standard InChI is InChI=1S/C27H25N5OS2/c1-33-22-9-7-20(8-10-22)26-30-21(16-34-26)15-31-11-13-32(14-12-31)25-24-23(19-5-3-2-4-6-19)17-35-27(24)29-18-28-25/h2-10,16-18H,11-15H2,1H3. The molecule has 8 heteroatoms. The van der Waals surface area contributed by atoms with Gasteiger partial charge in [-0.3, -0.25) is 4.90 Å². The average Bonchev–Trinajstić information content (AvgIpc) is 3.57. The van der Waals surface area contributed by atoms with Crippen molar-refractivity contribution in [2.24, 2.45) is 0 Å². The van der Waals surface area contributed by atoms with Crippen LogP contribution in [0.5, 0.6) is 5.75 Å². The highest BCUT2D eigenvalue weighted by Crippen LogP contribution is 2.38. The lowest BCUT2D eigenvalue weighted by Gasteiger charge is -2.35. The van der Waals surface area contributed by atoms with Gasteiger partial charge in [-0.15, -0.1) is 22.7 Å². The van der Waals surface area contributed by atoms with Crippen LogP contribution in [0.4, 0.5) is 5.82 Å². The predicted molar refractivity (Wildman–Crippen MR) is 144 cm³/mol. The zero-order valence-corrected chi connectivity index (χ0v) is 21.1. The minimum Gasteiger partial charge on any atom is -0.497 e. The number of thiophene rings is 1. The average molecular weight is 500 g/mol. The van der Waals surface area contributed by atoms with Crippen LogP contribution in [0.25, 0.3) is 31.9 Å². The summed E-state index contributed by atoms with van der Waals surface area (Å²) in [4.78, 5) is 20.1. The quantitative estimate of drug-likeness (QED) is 0.294. The fraction of sp³-hybridized carbons (Fsp3) is 0.222. The number of hydrogen-bond donors (Lipinski definition) is 0. The molecule has 35 heavy (non-hydrogen) atoms. The van der Waals surface area contributed by atoms with Gasteiger partial charge >= 0.3 is 0 Å². The molecule has 6 rings (SSSR count). The second kappa shape index (κ2) is 9.73. The van der Waals surface area contributed by atoms with Crippen LogP contribution in [-0.4, -0.2) is 53.1 Å². The molecule has 0 unspecified atom stereocenters. The lowest BCUT2D eigenvalue weighted by molar-refractivity contribution is 0.247. The van der Waals surface area contributed by atoms with E-state index in [1.54, 1.807) is 36.1 Å². The third-order valence-corrected chi connectivity index (χ3v) is 8.21. The molecule has 0 amide bonds. The fourth-order valence-corrected chi connectivity index (χ4v) is 6.25. The molecule has 2 aromatic carbocycles. The summed E-state index contributed by atoms with van der Waals surface area (Å²) in [5.74, 6) is 1.91. The van der Waals surface area contributed by atoms with Gasteiger partial charge in [0.25, 0.3) is 0 Å². The van der Waals surface area contributed by atoms with Crippen LogP contribution < -0.4 is 9.64 Å². The number of rotatable bonds is 6. The minimum absolute atomic E-state index is 0.864. The highest BCUT2D eigenvalue weighted by atomic mass is 32.1. The van der Waals surface area contributed by atoms with E-state index in [2.05, 4.69) is 68.0 Å². The number of piperazine rings is 1. The van der Waals surface area contributed by atoms with E-state index in [0.29, 0.717) is 0 Å². The summed E-state index contributed by atoms with van der Waals surface area (Å²) in [6.07, 6.45) is 1.70. The van der Waals surface area contributed by atoms with Crippen LogP contribution in [0.3, 0.4) is 0 Å². The van der Waals surface area contributed by atoms with Crippen LogP contribution >= 0.6 is 22.7 Å². The number of aromatic nitrogens is 3. The first-order chi connectivity index (χ1) is 17.3. The van der Waals surface area contributed by atoms with Crippen LogP contribution in [-0.2, 0) is 6.54 Å². The molecular weight excluding hydrogens is 474 g/mol. The second-order valence-electron chi connectivity index (χ2n) is 8.53. The number of benzene rings is 2. The monoisotopic (exact) mass is 499 g/mol. The Hall–Kier alpha value is -3.33. The Bertz CT molecular complexity index is 1420. The normalized spacial score (nSPS) is 14.5. The SMILES string of the molecule is COc1ccc(-c2nc(CN3CCN(c4ncnc5scc(-c6ccccc6)c45)CC3)cs2)cc1. The van der Waals surface area contributed by atoms with Gasteiger partial charge in [0.15, 0.2) is 0 Å². The topological polar surface area (TPSA) is 54.4 Å². The van der Waals surface area contributed by atoms with Crippen LogP contribution in [0.2, 0.25) is 0 Å². The molecule has 0 radical (unpaired) electrons. The van der Waals surface area contributed by atoms with Crippen molar-refractivity contribution >= 4 is 38.7 Å². The van der Waals surface area contributed by atoms with Gasteiger partial charge < -0.3 is 9.64 Å². The van der Waals surface area contributed by atoms with Gasteiger partial charge in [0.05, 0.1) is 18.2 Å². The maximum Gasteiger partial charge on any atom is 0.141 e. The number of anilines is 1. The summed E-state index contributed by atoms with van der Waals surface area (Å²) in [7, 11) is 1.69. The number of nitrogens with zero attached hydrogens (tertiary/aromatic N) is 5. The number of methoxy groups -OCH3 is 1. The van der Waals surface area contributed by atoms with Gasteiger partial charge in [0.1, 0.15) is 27.7 Å². The van der Waals surface area contributed by atoms with E-state index in [9.17, 15) is 0 Å². The van der Waals surface area contributed by atoms with Gasteiger partial charge in [0, 0.05) is 54.6 Å². The lowest BCUT2D eigenvalue weighted by Crippen LogP contribution is -2.46. The predicted octanol–water partition coefficient (Wildman–Crippen LogP) is 5.81. The van der Waals surface area contributed by atoms with Crippen molar-refractivity contribution in [2.75, 3.05) is 38.2 Å². The van der Waals surface area contributed by atoms with E-state index in [1.807, 2.05) is 12.1 Å². The lowest BCUT2D eigenvalue weighted by atomic mass is 10.1. The van der Waals surface area contributed by atoms with Gasteiger partial charge in [-0.2, -0.15) is 0 Å². The number of ether oxygens (including phenoxy) is 1. The molecule has 1 fully saturated rings. The Labute approximate surface area is 212 Å². The summed E-state index contributed by atoms with van der Waals surface area (Å²) in [5.41, 5.74) is 4.69. The van der Waals surface area contributed by atoms with Crippen LogP contribution in [0.15, 0.2) is 71.7 Å². The van der Waals surface area contributed by atoms with Crippen molar-refractivity contribution in [2.45, 2.75) is 6.54 Å². The summed E-state index contributed by atoms with van der Waals surface area (Å²) in [5, 5.41) is 6.60. The first-order valence-corrected chi connectivity index (χ1v) is 13.4. The second-order valence-corrected chi connectivity index (χ2v) is 10.2. The Morgan fingerprint density at radius 2 is 1.66 bits per heavy atom. The highest BCUT2D eigenvalue weighted by molar-refractivity contribution is 7.17. The van der Waals surface area contributed by atoms with Crippen molar-refractivity contribution in [3.63, 3.8) is 0 Å². The number of hydrogen-bond acceptors (Lipinski definition) is 8. The third-order valence-electron chi connectivity index (χ3n) is 6.38. The molecular formula is C27H25N5OS2. The van der Waals surface area contributed by atoms with Crippen molar-refractivity contribution in [1.82, 2.24) is 19.9 Å². The summed E-state index contributed by atoms with van der Waals surface area (Å²) in [6.45, 7) is 4.70. The molecule has 4 heterocycles. The van der Waals surface area contributed by atoms with Gasteiger partial charge in [-0.1, -0.05) is 30.3 Å². The minimum atomic E-state index is 0.864. The van der Waals surface area contributed by atoms with Gasteiger partial charge in [0.2, 0.25) is 0 Å². The maximum atomic E-state index is 5.26. The summed E-state index contributed by atoms with van der Waals surface area (Å²) < 4.78 is 5.26. The Kier molecular flexibility index (Phi) is 6.16. The fourth-order valence-electron chi connectivity index (χ4n) is 4.52. The van der Waals surface area contributed by atoms with E-state index >= 15 is 0 Å². The number of thiazole rings is 1. The smallest absolute Gasteiger partial charge is 0.141 e. The Morgan fingerprint density at radius 1 is 0.857 bits per heavy atom. The number of fused-ring (bicyclic) bond motifs is 1. The summed E-state index contributed by atoms with van der Waals surface area (Å²) >= 11 is 3.39. The van der Waals surface area contributed by atoms with E-state index < -0.39 is 0 Å². The van der Waals surface area contributed by atoms with Gasteiger partial charge in [-0.25, -0.2) is 15.0 Å². The molecule has 1 saturated heterocycles. The maximum absolute atomic E-state index is 5.26. The molecule has 5 aromatic rings. The summed E-state index contributed by atoms with van der Waals surface area (Å²) in [6, 6.07) is 18.6. The molecule has 0 saturated carbocycles. The van der Waals surface area contributed by atoms with Crippen molar-refractivity contribution in [3.8, 4) is 27.4 Å². The molecule has 6 nitrogen and oxygen atoms in total. The molecule has 0 N–H and O–H groups in total. The zero-order chi connectivity index (χ0) is 23.6. The van der Waals surface area contributed by atoms with E-state index in [1.165, 1.54) is 16.5 Å². The zero-order valence-electron chi connectivity index (χ0n) is 19.4. The van der Waals surface area contributed by atoms with E-state index in [0.717, 1.165) is 65.4 Å². The van der Waals surface area contributed by atoms with Crippen LogP contribution in [0.1, 0.15) is 5.69 Å². The molecule has 3 aromatic heterocycles. The van der Waals surface area contributed by atoms with Crippen molar-refractivity contribution in [1.29, 1.82) is 0 Å². The molecule has 0 atom stereocenters. The molecule has 1 aliphatic heterocycles. The molecule has 0 aliphatic carbocycles.